The molecule has 4 aliphatic rings. The van der Waals surface area contributed by atoms with Gasteiger partial charge in [-0.25, -0.2) is 4.68 Å². The van der Waals surface area contributed by atoms with Gasteiger partial charge in [-0.15, -0.1) is 0 Å². The number of hydrogen-bond donors (Lipinski definition) is 1. The Morgan fingerprint density at radius 1 is 1.00 bits per heavy atom. The fraction of sp³-hybridized carbons (Fsp3) is 0.371. The van der Waals surface area contributed by atoms with E-state index in [1.807, 2.05) is 66.7 Å². The van der Waals surface area contributed by atoms with Crippen LogP contribution in [0.1, 0.15) is 66.7 Å². The fourth-order valence-electron chi connectivity index (χ4n) is 8.10. The number of esters is 1. The summed E-state index contributed by atoms with van der Waals surface area (Å²) in [5, 5.41) is 8.54. The van der Waals surface area contributed by atoms with Gasteiger partial charge >= 0.3 is 5.97 Å². The van der Waals surface area contributed by atoms with Crippen LogP contribution in [-0.2, 0) is 16.3 Å². The number of ether oxygens (including phenoxy) is 1. The Hall–Kier alpha value is -3.91. The molecule has 8 rings (SSSR count). The third kappa shape index (κ3) is 5.85. The van der Waals surface area contributed by atoms with E-state index in [2.05, 4.69) is 16.4 Å². The second-order valence-corrected chi connectivity index (χ2v) is 13.7. The number of carbonyl (C=O) groups excluding carboxylic acids is 2. The van der Waals surface area contributed by atoms with Crippen molar-refractivity contribution in [2.75, 3.05) is 7.05 Å². The summed E-state index contributed by atoms with van der Waals surface area (Å²) >= 11 is 1.52. The number of nitrogens with one attached hydrogen (secondary N) is 1. The lowest BCUT2D eigenvalue weighted by atomic mass is 9.49. The molecule has 2 aromatic heterocycles. The van der Waals surface area contributed by atoms with Crippen LogP contribution in [0, 0.1) is 23.2 Å². The van der Waals surface area contributed by atoms with Crippen molar-refractivity contribution in [3.63, 3.8) is 0 Å². The number of fused-ring (bicyclic) bond motifs is 1. The van der Waals surface area contributed by atoms with Gasteiger partial charge in [-0.05, 0) is 116 Å². The molecule has 4 fully saturated rings. The molecule has 0 saturated heterocycles. The van der Waals surface area contributed by atoms with Gasteiger partial charge in [0.25, 0.3) is 5.91 Å². The van der Waals surface area contributed by atoms with Crippen LogP contribution in [0.5, 0.6) is 0 Å². The van der Waals surface area contributed by atoms with Crippen molar-refractivity contribution in [3.05, 3.63) is 83.8 Å². The summed E-state index contributed by atoms with van der Waals surface area (Å²) in [5.74, 6) is 2.15. The van der Waals surface area contributed by atoms with Crippen LogP contribution in [0.3, 0.4) is 0 Å². The van der Waals surface area contributed by atoms with Crippen molar-refractivity contribution in [1.29, 1.82) is 0 Å². The van der Waals surface area contributed by atoms with Gasteiger partial charge in [0.2, 0.25) is 0 Å². The maximum Gasteiger partial charge on any atom is 0.308 e. The van der Waals surface area contributed by atoms with E-state index >= 15 is 0 Å². The largest absolute Gasteiger partial charge is 0.442 e. The van der Waals surface area contributed by atoms with Crippen LogP contribution in [0.4, 0.5) is 0 Å². The molecule has 43 heavy (non-hydrogen) atoms. The molecule has 0 unspecified atom stereocenters. The second kappa shape index (κ2) is 11.6. The van der Waals surface area contributed by atoms with Gasteiger partial charge in [-0.2, -0.15) is 5.10 Å². The molecule has 7 nitrogen and oxygen atoms in total. The number of carbonyl (C=O) groups is 2. The lowest BCUT2D eigenvalue weighted by Crippen LogP contribution is -2.47. The SMILES string of the molecule is CNC(=O)c1ccccc1Sc1ccc2c(/C=C/c3ccccn3)nn(COC(=O)CC34CC5CC(CC(C5)C3)C4)c2c1. The highest BCUT2D eigenvalue weighted by Gasteiger charge is 2.51. The van der Waals surface area contributed by atoms with Crippen molar-refractivity contribution in [3.8, 4) is 0 Å². The van der Waals surface area contributed by atoms with Gasteiger partial charge in [-0.1, -0.05) is 30.0 Å². The average Bonchev–Trinajstić information content (AvgIpc) is 3.35. The van der Waals surface area contributed by atoms with Crippen molar-refractivity contribution in [1.82, 2.24) is 20.1 Å². The number of nitrogens with zero attached hydrogens (tertiary/aromatic N) is 3. The summed E-state index contributed by atoms with van der Waals surface area (Å²) in [6.07, 6.45) is 13.8. The van der Waals surface area contributed by atoms with E-state index in [0.29, 0.717) is 12.0 Å². The first kappa shape index (κ1) is 27.9. The first-order chi connectivity index (χ1) is 21.0. The van der Waals surface area contributed by atoms with Gasteiger partial charge in [0.05, 0.1) is 28.9 Å². The van der Waals surface area contributed by atoms with E-state index in [0.717, 1.165) is 49.8 Å². The van der Waals surface area contributed by atoms with E-state index in [4.69, 9.17) is 9.84 Å². The average molecular weight is 593 g/mol. The zero-order valence-electron chi connectivity index (χ0n) is 24.4. The molecule has 8 heteroatoms. The van der Waals surface area contributed by atoms with Crippen LogP contribution in [0.25, 0.3) is 23.1 Å². The maximum absolute atomic E-state index is 13.3. The summed E-state index contributed by atoms with van der Waals surface area (Å²) in [7, 11) is 1.64. The Morgan fingerprint density at radius 3 is 2.47 bits per heavy atom. The summed E-state index contributed by atoms with van der Waals surface area (Å²) in [4.78, 5) is 31.9. The Labute approximate surface area is 256 Å². The Morgan fingerprint density at radius 2 is 1.74 bits per heavy atom. The molecule has 4 saturated carbocycles. The van der Waals surface area contributed by atoms with Crippen LogP contribution in [0.2, 0.25) is 0 Å². The van der Waals surface area contributed by atoms with Crippen LogP contribution >= 0.6 is 11.8 Å². The summed E-state index contributed by atoms with van der Waals surface area (Å²) in [6.45, 7) is 0.0576. The monoisotopic (exact) mass is 592 g/mol. The zero-order valence-corrected chi connectivity index (χ0v) is 25.2. The highest BCUT2D eigenvalue weighted by molar-refractivity contribution is 7.99. The molecule has 4 bridgehead atoms. The lowest BCUT2D eigenvalue weighted by Gasteiger charge is -2.56. The van der Waals surface area contributed by atoms with Crippen molar-refractivity contribution < 1.29 is 14.3 Å². The standard InChI is InChI=1S/C35H36N4O3S/c1-36-34(41)29-7-2-3-8-32(29)43-27-10-11-28-30(12-9-26-6-4-5-13-37-26)38-39(31(28)17-27)22-42-33(40)21-35-18-23-14-24(19-35)16-25(15-23)20-35/h2-13,17,23-25H,14-16,18-22H2,1H3,(H,36,41)/b12-9+. The minimum atomic E-state index is -0.124. The van der Waals surface area contributed by atoms with Crippen molar-refractivity contribution >= 4 is 46.7 Å². The molecule has 0 spiro atoms. The Kier molecular flexibility index (Phi) is 7.55. The normalized spacial score (nSPS) is 24.1. The van der Waals surface area contributed by atoms with Crippen molar-refractivity contribution in [2.24, 2.45) is 23.2 Å². The fourth-order valence-corrected chi connectivity index (χ4v) is 9.08. The molecular weight excluding hydrogens is 556 g/mol. The molecule has 1 N–H and O–H groups in total. The first-order valence-corrected chi connectivity index (χ1v) is 16.0. The molecule has 2 aromatic carbocycles. The topological polar surface area (TPSA) is 86.1 Å². The molecule has 2 heterocycles. The van der Waals surface area contributed by atoms with Gasteiger partial charge in [-0.3, -0.25) is 14.6 Å². The number of benzene rings is 2. The van der Waals surface area contributed by atoms with E-state index in [9.17, 15) is 9.59 Å². The van der Waals surface area contributed by atoms with Crippen LogP contribution < -0.4 is 5.32 Å². The third-order valence-electron chi connectivity index (χ3n) is 9.47. The summed E-state index contributed by atoms with van der Waals surface area (Å²) < 4.78 is 7.72. The molecule has 0 atom stereocenters. The molecule has 220 valence electrons. The van der Waals surface area contributed by atoms with Crippen LogP contribution in [-0.4, -0.2) is 33.7 Å². The lowest BCUT2D eigenvalue weighted by molar-refractivity contribution is -0.156. The third-order valence-corrected chi connectivity index (χ3v) is 10.5. The zero-order chi connectivity index (χ0) is 29.4. The molecule has 0 aliphatic heterocycles. The van der Waals surface area contributed by atoms with Gasteiger partial charge < -0.3 is 10.1 Å². The van der Waals surface area contributed by atoms with E-state index in [1.165, 1.54) is 50.3 Å². The van der Waals surface area contributed by atoms with Crippen molar-refractivity contribution in [2.45, 2.75) is 61.5 Å². The number of pyridine rings is 1. The first-order valence-electron chi connectivity index (χ1n) is 15.2. The minimum Gasteiger partial charge on any atom is -0.442 e. The highest BCUT2D eigenvalue weighted by atomic mass is 32.2. The molecule has 0 radical (unpaired) electrons. The summed E-state index contributed by atoms with van der Waals surface area (Å²) in [6, 6.07) is 19.5. The quantitative estimate of drug-likeness (QED) is 0.207. The summed E-state index contributed by atoms with van der Waals surface area (Å²) in [5.41, 5.74) is 3.24. The predicted octanol–water partition coefficient (Wildman–Crippen LogP) is 7.22. The minimum absolute atomic E-state index is 0.0576. The number of aromatic nitrogens is 3. The number of amides is 1. The Balaban J connectivity index is 1.15. The van der Waals surface area contributed by atoms with Gasteiger partial charge in [0.1, 0.15) is 0 Å². The molecule has 4 aromatic rings. The van der Waals surface area contributed by atoms with Gasteiger partial charge in [0.15, 0.2) is 6.73 Å². The number of hydrogen-bond acceptors (Lipinski definition) is 6. The Bertz CT molecular complexity index is 1660. The van der Waals surface area contributed by atoms with E-state index in [1.54, 1.807) is 17.9 Å². The molecule has 1 amide bonds. The number of rotatable bonds is 9. The molecule has 4 aliphatic carbocycles. The highest BCUT2D eigenvalue weighted by Crippen LogP contribution is 2.61. The second-order valence-electron chi connectivity index (χ2n) is 12.6. The maximum atomic E-state index is 13.3. The predicted molar refractivity (Wildman–Crippen MR) is 168 cm³/mol. The van der Waals surface area contributed by atoms with Crippen LogP contribution in [0.15, 0.2) is 76.7 Å². The molecular formula is C35H36N4O3S. The van der Waals surface area contributed by atoms with E-state index in [-0.39, 0.29) is 24.0 Å². The van der Waals surface area contributed by atoms with Gasteiger partial charge in [0, 0.05) is 28.4 Å². The van der Waals surface area contributed by atoms with E-state index < -0.39 is 0 Å². The smallest absolute Gasteiger partial charge is 0.308 e.